The number of anilines is 1. The topological polar surface area (TPSA) is 68.9 Å². The fourth-order valence-corrected chi connectivity index (χ4v) is 2.99. The van der Waals surface area contributed by atoms with E-state index in [-0.39, 0.29) is 24.0 Å². The van der Waals surface area contributed by atoms with Crippen LogP contribution in [0.5, 0.6) is 11.5 Å². The number of benzene rings is 2. The van der Waals surface area contributed by atoms with Gasteiger partial charge in [-0.3, -0.25) is 0 Å². The zero-order chi connectivity index (χ0) is 16.9. The summed E-state index contributed by atoms with van der Waals surface area (Å²) < 4.78 is 10.5. The summed E-state index contributed by atoms with van der Waals surface area (Å²) in [5.41, 5.74) is 10.9. The number of guanidine groups is 1. The Morgan fingerprint density at radius 2 is 1.80 bits per heavy atom. The Kier molecular flexibility index (Phi) is 6.92. The number of nitrogens with zero attached hydrogens (tertiary/aromatic N) is 1. The van der Waals surface area contributed by atoms with Crippen molar-refractivity contribution < 1.29 is 9.47 Å². The third kappa shape index (κ3) is 4.78. The van der Waals surface area contributed by atoms with Crippen molar-refractivity contribution in [2.75, 3.05) is 19.5 Å². The van der Waals surface area contributed by atoms with Crippen LogP contribution in [0.15, 0.2) is 41.4 Å². The standard InChI is InChI=1S/C19H23N3O2.HI/c1-23-17-9-6-13(10-18(17)24-2)12-21-19(20)22-16-8-7-14-4-3-5-15(14)11-16;/h6-11H,3-5,12H2,1-2H3,(H3,20,21,22);1H. The van der Waals surface area contributed by atoms with E-state index in [0.29, 0.717) is 24.0 Å². The highest BCUT2D eigenvalue weighted by atomic mass is 127. The van der Waals surface area contributed by atoms with Gasteiger partial charge >= 0.3 is 0 Å². The number of halogens is 1. The lowest BCUT2D eigenvalue weighted by molar-refractivity contribution is 0.354. The number of fused-ring (bicyclic) bond motifs is 1. The summed E-state index contributed by atoms with van der Waals surface area (Å²) in [7, 11) is 3.24. The molecule has 0 radical (unpaired) electrons. The lowest BCUT2D eigenvalue weighted by atomic mass is 10.1. The number of hydrogen-bond donors (Lipinski definition) is 2. The molecule has 0 saturated heterocycles. The predicted molar refractivity (Wildman–Crippen MR) is 112 cm³/mol. The van der Waals surface area contributed by atoms with E-state index in [1.165, 1.54) is 24.0 Å². The number of aliphatic imine (C=N–C) groups is 1. The SMILES string of the molecule is COc1ccc(CN=C(N)Nc2ccc3c(c2)CCC3)cc1OC.I. The number of nitrogens with two attached hydrogens (primary N) is 1. The molecule has 2 aromatic rings. The lowest BCUT2D eigenvalue weighted by Gasteiger charge is -2.10. The van der Waals surface area contributed by atoms with Crippen LogP contribution in [0.1, 0.15) is 23.1 Å². The van der Waals surface area contributed by atoms with Crippen molar-refractivity contribution >= 4 is 35.6 Å². The Morgan fingerprint density at radius 1 is 1.04 bits per heavy atom. The smallest absolute Gasteiger partial charge is 0.193 e. The molecule has 6 heteroatoms. The molecule has 0 atom stereocenters. The molecule has 0 aromatic heterocycles. The average molecular weight is 453 g/mol. The number of ether oxygens (including phenoxy) is 2. The molecule has 0 unspecified atom stereocenters. The molecule has 0 spiro atoms. The molecular weight excluding hydrogens is 429 g/mol. The minimum absolute atomic E-state index is 0. The van der Waals surface area contributed by atoms with E-state index in [4.69, 9.17) is 15.2 Å². The quantitative estimate of drug-likeness (QED) is 0.411. The highest BCUT2D eigenvalue weighted by Crippen LogP contribution is 2.28. The summed E-state index contributed by atoms with van der Waals surface area (Å²) in [5.74, 6) is 1.80. The Morgan fingerprint density at radius 3 is 2.56 bits per heavy atom. The Bertz CT molecular complexity index is 762. The van der Waals surface area contributed by atoms with Crippen LogP contribution in [0, 0.1) is 0 Å². The molecule has 5 nitrogen and oxygen atoms in total. The first-order valence-corrected chi connectivity index (χ1v) is 8.09. The van der Waals surface area contributed by atoms with Gasteiger partial charge in [-0.25, -0.2) is 4.99 Å². The number of methoxy groups -OCH3 is 2. The van der Waals surface area contributed by atoms with E-state index < -0.39 is 0 Å². The lowest BCUT2D eigenvalue weighted by Crippen LogP contribution is -2.22. The van der Waals surface area contributed by atoms with E-state index in [2.05, 4.69) is 28.5 Å². The van der Waals surface area contributed by atoms with Gasteiger partial charge in [0.25, 0.3) is 0 Å². The molecular formula is C19H24IN3O2. The second-order valence-corrected chi connectivity index (χ2v) is 5.85. The Labute approximate surface area is 165 Å². The van der Waals surface area contributed by atoms with Crippen LogP contribution in [0.3, 0.4) is 0 Å². The third-order valence-corrected chi connectivity index (χ3v) is 4.25. The van der Waals surface area contributed by atoms with Crippen LogP contribution in [0.25, 0.3) is 0 Å². The normalized spacial score (nSPS) is 13.0. The van der Waals surface area contributed by atoms with Crippen molar-refractivity contribution in [2.45, 2.75) is 25.8 Å². The summed E-state index contributed by atoms with van der Waals surface area (Å²) in [6.07, 6.45) is 3.56. The number of aryl methyl sites for hydroxylation is 2. The summed E-state index contributed by atoms with van der Waals surface area (Å²) in [6, 6.07) is 12.1. The van der Waals surface area contributed by atoms with Gasteiger partial charge in [-0.15, -0.1) is 24.0 Å². The van der Waals surface area contributed by atoms with Crippen LogP contribution in [0.2, 0.25) is 0 Å². The monoisotopic (exact) mass is 453 g/mol. The maximum absolute atomic E-state index is 6.01. The summed E-state index contributed by atoms with van der Waals surface area (Å²) in [6.45, 7) is 0.476. The Balaban J connectivity index is 0.00000225. The zero-order valence-electron chi connectivity index (χ0n) is 14.5. The van der Waals surface area contributed by atoms with Gasteiger partial charge in [-0.1, -0.05) is 12.1 Å². The van der Waals surface area contributed by atoms with Gasteiger partial charge in [-0.05, 0) is 60.2 Å². The fourth-order valence-electron chi connectivity index (χ4n) is 2.99. The molecule has 25 heavy (non-hydrogen) atoms. The van der Waals surface area contributed by atoms with Crippen molar-refractivity contribution in [2.24, 2.45) is 10.7 Å². The van der Waals surface area contributed by atoms with Crippen molar-refractivity contribution in [1.29, 1.82) is 0 Å². The average Bonchev–Trinajstić information content (AvgIpc) is 3.07. The van der Waals surface area contributed by atoms with Crippen molar-refractivity contribution in [3.05, 3.63) is 53.1 Å². The summed E-state index contributed by atoms with van der Waals surface area (Å²) >= 11 is 0. The molecule has 134 valence electrons. The second-order valence-electron chi connectivity index (χ2n) is 5.85. The van der Waals surface area contributed by atoms with Crippen LogP contribution in [-0.2, 0) is 19.4 Å². The van der Waals surface area contributed by atoms with Gasteiger partial charge in [0.15, 0.2) is 17.5 Å². The van der Waals surface area contributed by atoms with Crippen molar-refractivity contribution in [3.8, 4) is 11.5 Å². The summed E-state index contributed by atoms with van der Waals surface area (Å²) in [4.78, 5) is 4.40. The van der Waals surface area contributed by atoms with Crippen LogP contribution in [0.4, 0.5) is 5.69 Å². The maximum Gasteiger partial charge on any atom is 0.193 e. The molecule has 3 rings (SSSR count). The molecule has 0 amide bonds. The maximum atomic E-state index is 6.01. The number of nitrogens with one attached hydrogen (secondary N) is 1. The molecule has 0 bridgehead atoms. The molecule has 0 heterocycles. The predicted octanol–water partition coefficient (Wildman–Crippen LogP) is 3.74. The van der Waals surface area contributed by atoms with Gasteiger partial charge < -0.3 is 20.5 Å². The van der Waals surface area contributed by atoms with E-state index in [9.17, 15) is 0 Å². The van der Waals surface area contributed by atoms with Crippen LogP contribution < -0.4 is 20.5 Å². The molecule has 0 fully saturated rings. The molecule has 0 saturated carbocycles. The highest BCUT2D eigenvalue weighted by molar-refractivity contribution is 14.0. The summed E-state index contributed by atoms with van der Waals surface area (Å²) in [5, 5.41) is 3.16. The van der Waals surface area contributed by atoms with Crippen LogP contribution >= 0.6 is 24.0 Å². The first-order chi connectivity index (χ1) is 11.7. The highest BCUT2D eigenvalue weighted by Gasteiger charge is 2.11. The van der Waals surface area contributed by atoms with E-state index in [1.54, 1.807) is 14.2 Å². The van der Waals surface area contributed by atoms with Gasteiger partial charge in [0, 0.05) is 5.69 Å². The minimum Gasteiger partial charge on any atom is -0.493 e. The van der Waals surface area contributed by atoms with Gasteiger partial charge in [0.1, 0.15) is 0 Å². The van der Waals surface area contributed by atoms with Crippen LogP contribution in [-0.4, -0.2) is 20.2 Å². The largest absolute Gasteiger partial charge is 0.493 e. The molecule has 1 aliphatic rings. The molecule has 1 aliphatic carbocycles. The third-order valence-electron chi connectivity index (χ3n) is 4.25. The van der Waals surface area contributed by atoms with E-state index in [0.717, 1.165) is 17.7 Å². The zero-order valence-corrected chi connectivity index (χ0v) is 16.9. The first kappa shape index (κ1) is 19.4. The van der Waals surface area contributed by atoms with Gasteiger partial charge in [-0.2, -0.15) is 0 Å². The molecule has 0 aliphatic heterocycles. The first-order valence-electron chi connectivity index (χ1n) is 8.09. The fraction of sp³-hybridized carbons (Fsp3) is 0.316. The number of hydrogen-bond acceptors (Lipinski definition) is 3. The van der Waals surface area contributed by atoms with E-state index >= 15 is 0 Å². The van der Waals surface area contributed by atoms with Crippen molar-refractivity contribution in [1.82, 2.24) is 0 Å². The van der Waals surface area contributed by atoms with Gasteiger partial charge in [0.2, 0.25) is 0 Å². The minimum atomic E-state index is 0. The molecule has 3 N–H and O–H groups in total. The van der Waals surface area contributed by atoms with E-state index in [1.807, 2.05) is 18.2 Å². The second kappa shape index (κ2) is 8.94. The number of rotatable bonds is 5. The molecule has 2 aromatic carbocycles. The van der Waals surface area contributed by atoms with Gasteiger partial charge in [0.05, 0.1) is 20.8 Å². The van der Waals surface area contributed by atoms with Crippen molar-refractivity contribution in [3.63, 3.8) is 0 Å². The Hall–Kier alpha value is -1.96.